The molecule has 17 nitrogen and oxygen atoms in total. The van der Waals surface area contributed by atoms with Crippen molar-refractivity contribution in [3.05, 3.63) is 12.7 Å². The van der Waals surface area contributed by atoms with Crippen molar-refractivity contribution in [3.8, 4) is 0 Å². The third-order valence-corrected chi connectivity index (χ3v) is 9.03. The third-order valence-electron chi connectivity index (χ3n) is 9.03. The summed E-state index contributed by atoms with van der Waals surface area (Å²) in [5.74, 6) is -1.53. The van der Waals surface area contributed by atoms with Crippen molar-refractivity contribution in [1.82, 2.24) is 0 Å². The number of unbranched alkanes of at least 4 members (excludes halogenated alkanes) is 8. The molecule has 3 unspecified atom stereocenters. The molecule has 0 radical (unpaired) electrons. The van der Waals surface area contributed by atoms with E-state index in [4.69, 9.17) is 76.2 Å². The van der Waals surface area contributed by atoms with Gasteiger partial charge >= 0.3 is 5.97 Å². The van der Waals surface area contributed by atoms with Crippen LogP contribution < -0.4 is 0 Å². The van der Waals surface area contributed by atoms with E-state index in [2.05, 4.69) is 13.5 Å². The highest BCUT2D eigenvalue weighted by molar-refractivity contribution is 5.67. The zero-order valence-electron chi connectivity index (χ0n) is 37.9. The fourth-order valence-corrected chi connectivity index (χ4v) is 5.83. The first-order valence-corrected chi connectivity index (χ1v) is 22.7. The van der Waals surface area contributed by atoms with Crippen molar-refractivity contribution in [1.29, 1.82) is 0 Å². The lowest BCUT2D eigenvalue weighted by molar-refractivity contribution is -0.166. The molecule has 362 valence electrons. The Balaban J connectivity index is 1.85. The molecular weight excluding hydrogens is 800 g/mol. The van der Waals surface area contributed by atoms with Gasteiger partial charge < -0.3 is 76.2 Å². The average Bonchev–Trinajstić information content (AvgIpc) is 3.63. The van der Waals surface area contributed by atoms with Crippen LogP contribution in [-0.2, 0) is 75.8 Å². The lowest BCUT2D eigenvalue weighted by Crippen LogP contribution is -2.31. The van der Waals surface area contributed by atoms with Gasteiger partial charge in [-0.3, -0.25) is 0 Å². The Morgan fingerprint density at radius 1 is 0.590 bits per heavy atom. The quantitative estimate of drug-likeness (QED) is 0.0645. The van der Waals surface area contributed by atoms with Crippen LogP contribution in [0.5, 0.6) is 0 Å². The maximum Gasteiger partial charge on any atom is 0.329 e. The molecule has 0 bridgehead atoms. The van der Waals surface area contributed by atoms with Crippen molar-refractivity contribution >= 4 is 5.97 Å². The fraction of sp³-hybridized carbons (Fsp3) is 0.932. The van der Waals surface area contributed by atoms with Crippen molar-refractivity contribution < 1.29 is 81.0 Å². The molecule has 0 spiro atoms. The zero-order chi connectivity index (χ0) is 44.0. The predicted molar refractivity (Wildman–Crippen MR) is 228 cm³/mol. The monoisotopic (exact) mass is 885 g/mol. The number of carboxylic acid groups (broad SMARTS) is 1. The molecule has 1 aliphatic heterocycles. The second kappa shape index (κ2) is 45.2. The summed E-state index contributed by atoms with van der Waals surface area (Å²) in [5, 5.41) is 8.46. The minimum atomic E-state index is -0.998. The van der Waals surface area contributed by atoms with Gasteiger partial charge in [0.2, 0.25) is 0 Å². The smallest absolute Gasteiger partial charge is 0.329 e. The number of aliphatic carboxylic acids is 1. The molecule has 3 atom stereocenters. The van der Waals surface area contributed by atoms with Crippen LogP contribution in [0.1, 0.15) is 78.1 Å². The molecule has 0 aromatic carbocycles. The molecule has 17 heteroatoms. The number of ether oxygens (including phenoxy) is 15. The predicted octanol–water partition coefficient (Wildman–Crippen LogP) is 4.89. The molecule has 1 heterocycles. The standard InChI is InChI=1S/C44H84O17/c1-4-6-7-8-9-10-11-12-13-14-44(3)60-39-42(61-44)38-58-37-41(36-56-15-5-2)59-35-34-55-31-30-53-27-26-51-23-22-49-19-18-47-16-17-48-20-21-50-24-25-52-28-29-54-32-33-57-40-43(45)46/h5,41-42H,2,4,6-40H2,1,3H3,(H,45,46). The SMILES string of the molecule is C=CCOCC(COCC1COC(C)(CCCCCCCCCCC)O1)OCCOCCOCCOCCOCCOCCOCCOCCOCCOCCOCC(=O)O. The summed E-state index contributed by atoms with van der Waals surface area (Å²) in [6.07, 6.45) is 14.0. The Morgan fingerprint density at radius 2 is 0.984 bits per heavy atom. The van der Waals surface area contributed by atoms with E-state index in [1.165, 1.54) is 51.4 Å². The second-order valence-electron chi connectivity index (χ2n) is 14.6. The van der Waals surface area contributed by atoms with Gasteiger partial charge in [-0.2, -0.15) is 0 Å². The Kier molecular flexibility index (Phi) is 42.7. The molecule has 1 fully saturated rings. The molecule has 61 heavy (non-hydrogen) atoms. The summed E-state index contributed by atoms with van der Waals surface area (Å²) in [6, 6.07) is 0. The topological polar surface area (TPSA) is 176 Å². The molecule has 0 aromatic rings. The normalized spacial score (nSPS) is 17.0. The van der Waals surface area contributed by atoms with Crippen LogP contribution in [0.2, 0.25) is 0 Å². The van der Waals surface area contributed by atoms with Gasteiger partial charge in [0.15, 0.2) is 5.79 Å². The van der Waals surface area contributed by atoms with Crippen LogP contribution in [-0.4, -0.2) is 201 Å². The van der Waals surface area contributed by atoms with Crippen molar-refractivity contribution in [2.24, 2.45) is 0 Å². The molecular formula is C44H84O17. The average molecular weight is 885 g/mol. The van der Waals surface area contributed by atoms with Crippen molar-refractivity contribution in [3.63, 3.8) is 0 Å². The molecule has 0 amide bonds. The molecule has 1 rings (SSSR count). The summed E-state index contributed by atoms with van der Waals surface area (Å²) in [6.45, 7) is 18.8. The van der Waals surface area contributed by atoms with Crippen molar-refractivity contribution in [2.75, 3.05) is 172 Å². The maximum atomic E-state index is 10.3. The van der Waals surface area contributed by atoms with Crippen LogP contribution >= 0.6 is 0 Å². The van der Waals surface area contributed by atoms with E-state index in [0.29, 0.717) is 159 Å². The van der Waals surface area contributed by atoms with E-state index in [1.54, 1.807) is 6.08 Å². The summed E-state index contributed by atoms with van der Waals surface area (Å²) in [4.78, 5) is 10.3. The highest BCUT2D eigenvalue weighted by Crippen LogP contribution is 2.29. The lowest BCUT2D eigenvalue weighted by Gasteiger charge is -2.23. The van der Waals surface area contributed by atoms with Crippen molar-refractivity contribution in [2.45, 2.75) is 96.1 Å². The summed E-state index contributed by atoms with van der Waals surface area (Å²) in [7, 11) is 0. The van der Waals surface area contributed by atoms with Gasteiger partial charge in [0, 0.05) is 6.42 Å². The van der Waals surface area contributed by atoms with Crippen LogP contribution in [0.25, 0.3) is 0 Å². The summed E-state index contributed by atoms with van der Waals surface area (Å²) >= 11 is 0. The van der Waals surface area contributed by atoms with E-state index < -0.39 is 11.8 Å². The lowest BCUT2D eigenvalue weighted by atomic mass is 10.0. The number of carboxylic acids is 1. The first-order valence-electron chi connectivity index (χ1n) is 22.7. The minimum absolute atomic E-state index is 0.0890. The molecule has 1 saturated heterocycles. The van der Waals surface area contributed by atoms with Crippen LogP contribution in [0.3, 0.4) is 0 Å². The Labute approximate surface area is 366 Å². The van der Waals surface area contributed by atoms with Crippen LogP contribution in [0.15, 0.2) is 12.7 Å². The van der Waals surface area contributed by atoms with Gasteiger partial charge in [0.25, 0.3) is 0 Å². The van der Waals surface area contributed by atoms with Gasteiger partial charge in [0.1, 0.15) is 18.8 Å². The minimum Gasteiger partial charge on any atom is -0.480 e. The van der Waals surface area contributed by atoms with E-state index in [9.17, 15) is 4.79 Å². The van der Waals surface area contributed by atoms with Gasteiger partial charge in [-0.05, 0) is 13.3 Å². The number of hydrogen-bond donors (Lipinski definition) is 1. The first-order chi connectivity index (χ1) is 30.0. The number of rotatable bonds is 51. The molecule has 0 aliphatic carbocycles. The fourth-order valence-electron chi connectivity index (χ4n) is 5.83. The van der Waals surface area contributed by atoms with Crippen LogP contribution in [0.4, 0.5) is 0 Å². The zero-order valence-corrected chi connectivity index (χ0v) is 37.9. The molecule has 1 N–H and O–H groups in total. The third kappa shape index (κ3) is 41.1. The first kappa shape index (κ1) is 57.6. The molecule has 0 aromatic heterocycles. The van der Waals surface area contributed by atoms with E-state index in [-0.39, 0.29) is 25.4 Å². The Hall–Kier alpha value is -1.39. The Morgan fingerprint density at radius 3 is 1.41 bits per heavy atom. The van der Waals surface area contributed by atoms with E-state index >= 15 is 0 Å². The Bertz CT molecular complexity index is 935. The van der Waals surface area contributed by atoms with E-state index in [0.717, 1.165) is 12.8 Å². The van der Waals surface area contributed by atoms with Gasteiger partial charge in [0.05, 0.1) is 165 Å². The molecule has 0 saturated carbocycles. The van der Waals surface area contributed by atoms with E-state index in [1.807, 2.05) is 6.92 Å². The van der Waals surface area contributed by atoms with Gasteiger partial charge in [-0.1, -0.05) is 64.4 Å². The second-order valence-corrected chi connectivity index (χ2v) is 14.6. The number of hydrogen-bond acceptors (Lipinski definition) is 16. The maximum absolute atomic E-state index is 10.3. The van der Waals surface area contributed by atoms with Crippen LogP contribution in [0, 0.1) is 0 Å². The summed E-state index contributed by atoms with van der Waals surface area (Å²) < 4.78 is 84.1. The summed E-state index contributed by atoms with van der Waals surface area (Å²) in [5.41, 5.74) is 0. The van der Waals surface area contributed by atoms with Gasteiger partial charge in [-0.15, -0.1) is 6.58 Å². The highest BCUT2D eigenvalue weighted by Gasteiger charge is 2.36. The van der Waals surface area contributed by atoms with Gasteiger partial charge in [-0.25, -0.2) is 4.79 Å². The largest absolute Gasteiger partial charge is 0.480 e. The number of carbonyl (C=O) groups is 1. The highest BCUT2D eigenvalue weighted by atomic mass is 16.7. The molecule has 1 aliphatic rings.